The zero-order chi connectivity index (χ0) is 37.5. The number of aryl methyl sites for hydroxylation is 2. The van der Waals surface area contributed by atoms with E-state index in [-0.39, 0.29) is 37.5 Å². The molecule has 2 aromatic rings. The molecule has 282 valence electrons. The fraction of sp³-hybridized carbons (Fsp3) is 0.548. The monoisotopic (exact) mass is 716 g/mol. The molecule has 0 radical (unpaired) electrons. The number of carbonyl (C=O) groups excluding carboxylic acids is 4. The van der Waals surface area contributed by atoms with Gasteiger partial charge in [0.25, 0.3) is 6.26 Å². The van der Waals surface area contributed by atoms with Crippen LogP contribution >= 0.6 is 0 Å². The summed E-state index contributed by atoms with van der Waals surface area (Å²) in [6.45, 7) is 2.83. The number of ether oxygens (including phenoxy) is 4. The fourth-order valence-corrected chi connectivity index (χ4v) is 5.54. The van der Waals surface area contributed by atoms with Gasteiger partial charge in [-0.15, -0.1) is 5.26 Å². The molecule has 10 heteroatoms. The van der Waals surface area contributed by atoms with Crippen LogP contribution in [-0.2, 0) is 46.2 Å². The highest BCUT2D eigenvalue weighted by Crippen LogP contribution is 2.17. The van der Waals surface area contributed by atoms with Gasteiger partial charge in [0, 0.05) is 12.8 Å². The first-order valence-corrected chi connectivity index (χ1v) is 18.9. The van der Waals surface area contributed by atoms with E-state index in [1.165, 1.54) is 6.08 Å². The van der Waals surface area contributed by atoms with Crippen molar-refractivity contribution in [1.29, 1.82) is 5.26 Å². The number of carbonyl (C=O) groups is 3. The van der Waals surface area contributed by atoms with Crippen LogP contribution < -0.4 is 4.74 Å². The largest absolute Gasteiger partial charge is 0.466 e. The Hall–Kier alpha value is -4.74. The molecule has 0 amide bonds. The van der Waals surface area contributed by atoms with Gasteiger partial charge in [0.05, 0.1) is 31.7 Å². The quantitative estimate of drug-likeness (QED) is 0.0153. The third kappa shape index (κ3) is 22.2. The third-order valence-electron chi connectivity index (χ3n) is 8.47. The highest BCUT2D eigenvalue weighted by molar-refractivity contribution is 5.77. The smallest absolute Gasteiger partial charge is 0.306 e. The number of rotatable bonds is 29. The highest BCUT2D eigenvalue weighted by atomic mass is 16.5. The van der Waals surface area contributed by atoms with Crippen LogP contribution in [-0.4, -0.2) is 43.3 Å². The molecular weight excluding hydrogens is 660 g/mol. The van der Waals surface area contributed by atoms with E-state index in [1.807, 2.05) is 24.3 Å². The number of isocyanates is 1. The van der Waals surface area contributed by atoms with Gasteiger partial charge in [-0.1, -0.05) is 81.9 Å². The number of benzene rings is 2. The van der Waals surface area contributed by atoms with Crippen LogP contribution in [0.25, 0.3) is 0 Å². The normalized spacial score (nSPS) is 11.3. The van der Waals surface area contributed by atoms with Crippen molar-refractivity contribution in [2.24, 2.45) is 4.99 Å². The summed E-state index contributed by atoms with van der Waals surface area (Å²) in [4.78, 5) is 50.7. The maximum atomic E-state index is 12.6. The average Bonchev–Trinajstić information content (AvgIpc) is 3.15. The predicted molar refractivity (Wildman–Crippen MR) is 199 cm³/mol. The minimum Gasteiger partial charge on any atom is -0.466 e. The van der Waals surface area contributed by atoms with Gasteiger partial charge in [-0.2, -0.15) is 4.99 Å². The van der Waals surface area contributed by atoms with Gasteiger partial charge in [-0.25, -0.2) is 4.79 Å². The Balaban J connectivity index is 1.52. The first-order chi connectivity index (χ1) is 25.4. The summed E-state index contributed by atoms with van der Waals surface area (Å²) in [5, 5.41) is 8.56. The van der Waals surface area contributed by atoms with Crippen molar-refractivity contribution in [2.45, 2.75) is 135 Å². The lowest BCUT2D eigenvalue weighted by atomic mass is 10.1. The van der Waals surface area contributed by atoms with Crippen LogP contribution in [0, 0.1) is 11.5 Å². The Morgan fingerprint density at radius 2 is 1.31 bits per heavy atom. The highest BCUT2D eigenvalue weighted by Gasteiger charge is 2.15. The summed E-state index contributed by atoms with van der Waals surface area (Å²) in [5.74, 6) is -0.445. The Labute approximate surface area is 309 Å². The molecule has 52 heavy (non-hydrogen) atoms. The molecule has 0 aliphatic rings. The second-order valence-corrected chi connectivity index (χ2v) is 12.8. The van der Waals surface area contributed by atoms with Crippen LogP contribution in [0.5, 0.6) is 5.75 Å². The van der Waals surface area contributed by atoms with E-state index in [4.69, 9.17) is 24.2 Å². The number of esters is 3. The van der Waals surface area contributed by atoms with Gasteiger partial charge >= 0.3 is 17.9 Å². The van der Waals surface area contributed by atoms with Crippen LogP contribution in [0.15, 0.2) is 65.7 Å². The van der Waals surface area contributed by atoms with E-state index < -0.39 is 5.97 Å². The minimum atomic E-state index is -0.409. The molecule has 2 rings (SSSR count). The molecule has 0 saturated heterocycles. The zero-order valence-corrected chi connectivity index (χ0v) is 30.9. The van der Waals surface area contributed by atoms with Gasteiger partial charge in [0.1, 0.15) is 11.9 Å². The van der Waals surface area contributed by atoms with Gasteiger partial charge in [-0.3, -0.25) is 14.4 Å². The molecule has 0 aromatic heterocycles. The summed E-state index contributed by atoms with van der Waals surface area (Å²) >= 11 is 0. The molecule has 1 atom stereocenters. The van der Waals surface area contributed by atoms with Crippen molar-refractivity contribution in [3.05, 3.63) is 71.8 Å². The number of nitriles is 1. The van der Waals surface area contributed by atoms with Crippen molar-refractivity contribution in [1.82, 2.24) is 0 Å². The molecule has 0 aliphatic heterocycles. The molecule has 0 aliphatic carbocycles. The molecule has 0 fully saturated rings. The SMILES string of the molecule is CCCCCC[C@H](C/C=C\CCCCCCCC(=O)OCCCc1ccc(N=C=O)cc1)OC(=O)CCC(=O)OCCCc1ccc(OC#N)cc1. The Morgan fingerprint density at radius 3 is 1.96 bits per heavy atom. The number of hydrogen-bond acceptors (Lipinski definition) is 10. The van der Waals surface area contributed by atoms with E-state index in [9.17, 15) is 19.2 Å². The molecule has 0 bridgehead atoms. The minimum absolute atomic E-state index is 0.00252. The van der Waals surface area contributed by atoms with Crippen LogP contribution in [0.1, 0.15) is 127 Å². The molecule has 0 N–H and O–H groups in total. The van der Waals surface area contributed by atoms with Crippen molar-refractivity contribution in [3.63, 3.8) is 0 Å². The van der Waals surface area contributed by atoms with E-state index in [1.54, 1.807) is 30.5 Å². The van der Waals surface area contributed by atoms with Crippen LogP contribution in [0.4, 0.5) is 5.69 Å². The maximum Gasteiger partial charge on any atom is 0.306 e. The lowest BCUT2D eigenvalue weighted by Gasteiger charge is -2.16. The number of unbranched alkanes of at least 4 members (excludes halogenated alkanes) is 8. The predicted octanol–water partition coefficient (Wildman–Crippen LogP) is 9.50. The third-order valence-corrected chi connectivity index (χ3v) is 8.47. The van der Waals surface area contributed by atoms with E-state index >= 15 is 0 Å². The van der Waals surface area contributed by atoms with E-state index in [2.05, 4.69) is 24.1 Å². The Morgan fingerprint density at radius 1 is 0.712 bits per heavy atom. The molecule has 0 unspecified atom stereocenters. The Bertz CT molecular complexity index is 1410. The summed E-state index contributed by atoms with van der Waals surface area (Å²) in [6.07, 6.45) is 22.4. The number of hydrogen-bond donors (Lipinski definition) is 0. The van der Waals surface area contributed by atoms with Gasteiger partial charge in [0.15, 0.2) is 0 Å². The van der Waals surface area contributed by atoms with Crippen molar-refractivity contribution in [3.8, 4) is 12.0 Å². The van der Waals surface area contributed by atoms with Crippen molar-refractivity contribution in [2.75, 3.05) is 13.2 Å². The van der Waals surface area contributed by atoms with Gasteiger partial charge in [0.2, 0.25) is 6.08 Å². The molecular formula is C42H56N2O8. The number of allylic oxidation sites excluding steroid dienone is 1. The second kappa shape index (κ2) is 28.9. The van der Waals surface area contributed by atoms with Crippen LogP contribution in [0.3, 0.4) is 0 Å². The summed E-state index contributed by atoms with van der Waals surface area (Å²) < 4.78 is 21.2. The molecule has 0 heterocycles. The maximum absolute atomic E-state index is 12.6. The lowest BCUT2D eigenvalue weighted by molar-refractivity contribution is -0.153. The summed E-state index contributed by atoms with van der Waals surface area (Å²) in [5.41, 5.74) is 2.73. The topological polar surface area (TPSA) is 141 Å². The molecule has 10 nitrogen and oxygen atoms in total. The standard InChI is InChI=1S/C42H56N2O8/c1-2-3-4-11-18-39(52-42(48)30-29-41(47)50-32-15-17-36-23-27-38(28-24-36)51-33-43)19-12-9-7-5-6-8-10-13-20-40(46)49-31-14-16-35-21-25-37(26-22-35)44-34-45/h9,12,21-28,39H,2-8,10-11,13-20,29-32H2,1H3/b12-9-/t39-/m1/s1. The molecule has 2 aromatic carbocycles. The Kier molecular flexibility index (Phi) is 24.1. The van der Waals surface area contributed by atoms with Gasteiger partial charge < -0.3 is 18.9 Å². The van der Waals surface area contributed by atoms with E-state index in [0.717, 1.165) is 101 Å². The van der Waals surface area contributed by atoms with Crippen LogP contribution in [0.2, 0.25) is 0 Å². The summed E-state index contributed by atoms with van der Waals surface area (Å²) in [6, 6.07) is 14.5. The van der Waals surface area contributed by atoms with Crippen molar-refractivity contribution < 1.29 is 38.1 Å². The van der Waals surface area contributed by atoms with E-state index in [0.29, 0.717) is 37.3 Å². The molecule has 0 spiro atoms. The average molecular weight is 717 g/mol. The summed E-state index contributed by atoms with van der Waals surface area (Å²) in [7, 11) is 0. The first kappa shape index (κ1) is 43.4. The molecule has 0 saturated carbocycles. The number of aliphatic imine (C=N–C) groups is 1. The first-order valence-electron chi connectivity index (χ1n) is 18.9. The van der Waals surface area contributed by atoms with Crippen molar-refractivity contribution >= 4 is 29.7 Å². The lowest BCUT2D eigenvalue weighted by Crippen LogP contribution is -2.19. The zero-order valence-electron chi connectivity index (χ0n) is 30.9. The second-order valence-electron chi connectivity index (χ2n) is 12.8. The van der Waals surface area contributed by atoms with Gasteiger partial charge in [-0.05, 0) is 93.2 Å². The number of nitrogens with zero attached hydrogens (tertiary/aromatic N) is 2. The fourth-order valence-electron chi connectivity index (χ4n) is 5.54.